The number of rotatable bonds is 11. The predicted octanol–water partition coefficient (Wildman–Crippen LogP) is 5.23. The van der Waals surface area contributed by atoms with E-state index in [9.17, 15) is 4.79 Å². The Labute approximate surface area is 145 Å². The lowest BCUT2D eigenvalue weighted by atomic mass is 10.1. The van der Waals surface area contributed by atoms with Crippen molar-refractivity contribution in [3.63, 3.8) is 0 Å². The summed E-state index contributed by atoms with van der Waals surface area (Å²) in [5.41, 5.74) is 3.11. The molecule has 0 fully saturated rings. The van der Waals surface area contributed by atoms with E-state index in [1.807, 2.05) is 42.6 Å². The summed E-state index contributed by atoms with van der Waals surface area (Å²) in [4.78, 5) is 14.9. The van der Waals surface area contributed by atoms with E-state index in [0.29, 0.717) is 6.42 Å². The third kappa shape index (κ3) is 6.15. The quantitative estimate of drug-likeness (QED) is 0.419. The van der Waals surface area contributed by atoms with Gasteiger partial charge in [-0.3, -0.25) is 4.98 Å². The Kier molecular flexibility index (Phi) is 8.02. The fraction of sp³-hybridized carbons (Fsp3) is 0.429. The van der Waals surface area contributed by atoms with Crippen molar-refractivity contribution in [1.82, 2.24) is 4.98 Å². The number of aryl methyl sites for hydroxylation is 1. The average Bonchev–Trinajstić information content (AvgIpc) is 2.64. The minimum Gasteiger partial charge on any atom is -0.494 e. The molecule has 0 amide bonds. The molecule has 0 saturated carbocycles. The molecular formula is C21H27NO2. The van der Waals surface area contributed by atoms with Crippen LogP contribution in [-0.4, -0.2) is 17.9 Å². The van der Waals surface area contributed by atoms with E-state index in [0.717, 1.165) is 48.3 Å². The van der Waals surface area contributed by atoms with Crippen molar-refractivity contribution in [3.05, 3.63) is 48.2 Å². The van der Waals surface area contributed by atoms with Crippen LogP contribution in [0.4, 0.5) is 0 Å². The van der Waals surface area contributed by atoms with Crippen molar-refractivity contribution in [2.24, 2.45) is 0 Å². The van der Waals surface area contributed by atoms with Crippen molar-refractivity contribution >= 4 is 6.29 Å². The molecule has 0 unspecified atom stereocenters. The first-order valence-electron chi connectivity index (χ1n) is 8.95. The summed E-state index contributed by atoms with van der Waals surface area (Å²) in [6.45, 7) is 3.01. The summed E-state index contributed by atoms with van der Waals surface area (Å²) in [5.74, 6) is 0.914. The molecule has 0 atom stereocenters. The molecule has 1 aromatic carbocycles. The SMILES string of the molecule is CCCCCCCOc1ccc(-c2ccc(CCC=O)cn2)cc1. The lowest BCUT2D eigenvalue weighted by molar-refractivity contribution is -0.107. The fourth-order valence-electron chi connectivity index (χ4n) is 2.59. The smallest absolute Gasteiger partial charge is 0.120 e. The summed E-state index contributed by atoms with van der Waals surface area (Å²) >= 11 is 0. The Morgan fingerprint density at radius 3 is 2.46 bits per heavy atom. The molecule has 0 aliphatic heterocycles. The van der Waals surface area contributed by atoms with E-state index in [4.69, 9.17) is 4.74 Å². The highest BCUT2D eigenvalue weighted by atomic mass is 16.5. The normalized spacial score (nSPS) is 10.5. The van der Waals surface area contributed by atoms with Crippen LogP contribution in [0.15, 0.2) is 42.6 Å². The number of carbonyl (C=O) groups is 1. The van der Waals surface area contributed by atoms with Gasteiger partial charge in [0.2, 0.25) is 0 Å². The molecule has 0 spiro atoms. The molecule has 0 N–H and O–H groups in total. The van der Waals surface area contributed by atoms with Crippen LogP contribution in [-0.2, 0) is 11.2 Å². The van der Waals surface area contributed by atoms with Crippen molar-refractivity contribution in [2.45, 2.75) is 51.9 Å². The van der Waals surface area contributed by atoms with Gasteiger partial charge in [-0.2, -0.15) is 0 Å². The molecule has 1 heterocycles. The second-order valence-corrected chi connectivity index (χ2v) is 6.04. The van der Waals surface area contributed by atoms with Crippen LogP contribution in [0.5, 0.6) is 5.75 Å². The number of benzene rings is 1. The molecule has 0 aliphatic rings. The van der Waals surface area contributed by atoms with Crippen LogP contribution in [0.3, 0.4) is 0 Å². The molecule has 0 bridgehead atoms. The lowest BCUT2D eigenvalue weighted by Crippen LogP contribution is -1.97. The molecule has 1 aromatic heterocycles. The number of carbonyl (C=O) groups excluding carboxylic acids is 1. The minimum absolute atomic E-state index is 0.547. The molecule has 2 rings (SSSR count). The number of hydrogen-bond donors (Lipinski definition) is 0. The van der Waals surface area contributed by atoms with Gasteiger partial charge in [0.05, 0.1) is 12.3 Å². The van der Waals surface area contributed by atoms with E-state index < -0.39 is 0 Å². The number of pyridine rings is 1. The third-order valence-corrected chi connectivity index (χ3v) is 4.04. The van der Waals surface area contributed by atoms with E-state index in [1.54, 1.807) is 0 Å². The molecule has 3 heteroatoms. The Morgan fingerprint density at radius 1 is 1.00 bits per heavy atom. The van der Waals surface area contributed by atoms with Crippen molar-refractivity contribution < 1.29 is 9.53 Å². The van der Waals surface area contributed by atoms with Crippen molar-refractivity contribution in [2.75, 3.05) is 6.61 Å². The Balaban J connectivity index is 1.81. The summed E-state index contributed by atoms with van der Waals surface area (Å²) in [6, 6.07) is 12.1. The second kappa shape index (κ2) is 10.6. The van der Waals surface area contributed by atoms with Gasteiger partial charge in [-0.25, -0.2) is 0 Å². The first-order valence-corrected chi connectivity index (χ1v) is 8.95. The summed E-state index contributed by atoms with van der Waals surface area (Å²) < 4.78 is 5.79. The zero-order valence-corrected chi connectivity index (χ0v) is 14.5. The Morgan fingerprint density at radius 2 is 1.79 bits per heavy atom. The zero-order chi connectivity index (χ0) is 17.0. The van der Waals surface area contributed by atoms with Crippen LogP contribution in [0.1, 0.15) is 51.0 Å². The standard InChI is InChI=1S/C21H27NO2/c1-2-3-4-5-6-16-24-20-12-10-19(11-13-20)21-14-9-18(17-22-21)8-7-15-23/h9-15,17H,2-8,16H2,1H3. The van der Waals surface area contributed by atoms with Gasteiger partial charge in [-0.1, -0.05) is 38.7 Å². The third-order valence-electron chi connectivity index (χ3n) is 4.04. The maximum absolute atomic E-state index is 10.4. The second-order valence-electron chi connectivity index (χ2n) is 6.04. The average molecular weight is 325 g/mol. The summed E-state index contributed by atoms with van der Waals surface area (Å²) in [7, 11) is 0. The number of hydrogen-bond acceptors (Lipinski definition) is 3. The van der Waals surface area contributed by atoms with Crippen LogP contribution in [0.25, 0.3) is 11.3 Å². The monoisotopic (exact) mass is 325 g/mol. The Bertz CT molecular complexity index is 590. The Hall–Kier alpha value is -2.16. The largest absolute Gasteiger partial charge is 0.494 e. The van der Waals surface area contributed by atoms with Gasteiger partial charge in [0.15, 0.2) is 0 Å². The number of unbranched alkanes of at least 4 members (excludes halogenated alkanes) is 4. The predicted molar refractivity (Wildman–Crippen MR) is 98.3 cm³/mol. The topological polar surface area (TPSA) is 39.2 Å². The van der Waals surface area contributed by atoms with Gasteiger partial charge >= 0.3 is 0 Å². The van der Waals surface area contributed by atoms with E-state index in [2.05, 4.69) is 11.9 Å². The molecule has 3 nitrogen and oxygen atoms in total. The van der Waals surface area contributed by atoms with Gasteiger partial charge in [-0.15, -0.1) is 0 Å². The molecule has 24 heavy (non-hydrogen) atoms. The maximum atomic E-state index is 10.4. The first kappa shape index (κ1) is 18.2. The van der Waals surface area contributed by atoms with Crippen LogP contribution >= 0.6 is 0 Å². The molecule has 2 aromatic rings. The van der Waals surface area contributed by atoms with E-state index in [-0.39, 0.29) is 0 Å². The summed E-state index contributed by atoms with van der Waals surface area (Å²) in [5, 5.41) is 0. The van der Waals surface area contributed by atoms with E-state index in [1.165, 1.54) is 25.7 Å². The van der Waals surface area contributed by atoms with Crippen LogP contribution in [0.2, 0.25) is 0 Å². The highest BCUT2D eigenvalue weighted by molar-refractivity contribution is 5.60. The molecule has 0 radical (unpaired) electrons. The number of aromatic nitrogens is 1. The van der Waals surface area contributed by atoms with Gasteiger partial charge in [-0.05, 0) is 48.7 Å². The number of nitrogens with zero attached hydrogens (tertiary/aromatic N) is 1. The number of aldehydes is 1. The van der Waals surface area contributed by atoms with Gasteiger partial charge in [0, 0.05) is 18.2 Å². The van der Waals surface area contributed by atoms with Crippen molar-refractivity contribution in [3.8, 4) is 17.0 Å². The van der Waals surface area contributed by atoms with E-state index >= 15 is 0 Å². The van der Waals surface area contributed by atoms with Gasteiger partial charge in [0.1, 0.15) is 12.0 Å². The highest BCUT2D eigenvalue weighted by Crippen LogP contribution is 2.21. The molecule has 128 valence electrons. The van der Waals surface area contributed by atoms with Gasteiger partial charge < -0.3 is 9.53 Å². The fourth-order valence-corrected chi connectivity index (χ4v) is 2.59. The minimum atomic E-state index is 0.547. The van der Waals surface area contributed by atoms with Crippen LogP contribution in [0, 0.1) is 0 Å². The molecule has 0 aliphatic carbocycles. The first-order chi connectivity index (χ1) is 11.8. The molecule has 0 saturated heterocycles. The zero-order valence-electron chi connectivity index (χ0n) is 14.5. The van der Waals surface area contributed by atoms with Crippen molar-refractivity contribution in [1.29, 1.82) is 0 Å². The lowest BCUT2D eigenvalue weighted by Gasteiger charge is -2.07. The van der Waals surface area contributed by atoms with Crippen LogP contribution < -0.4 is 4.74 Å². The number of ether oxygens (including phenoxy) is 1. The molecular weight excluding hydrogens is 298 g/mol. The summed E-state index contributed by atoms with van der Waals surface area (Å²) in [6.07, 6.45) is 10.3. The van der Waals surface area contributed by atoms with Gasteiger partial charge in [0.25, 0.3) is 0 Å². The maximum Gasteiger partial charge on any atom is 0.120 e. The highest BCUT2D eigenvalue weighted by Gasteiger charge is 2.01.